The lowest BCUT2D eigenvalue weighted by molar-refractivity contribution is -0.387. The minimum absolute atomic E-state index is 0.0551. The van der Waals surface area contributed by atoms with Crippen molar-refractivity contribution in [2.45, 2.75) is 49.6 Å². The van der Waals surface area contributed by atoms with Crippen molar-refractivity contribution >= 4 is 25.4 Å². The van der Waals surface area contributed by atoms with E-state index in [0.717, 1.165) is 11.3 Å². The Hall–Kier alpha value is -1.16. The fraction of sp³-hybridized carbons (Fsp3) is 0.571. The molecule has 2 rings (SSSR count). The van der Waals surface area contributed by atoms with Gasteiger partial charge in [0.15, 0.2) is 0 Å². The molecule has 1 aromatic carbocycles. The largest absolute Gasteiger partial charge is 0.284 e. The Morgan fingerprint density at radius 2 is 1.87 bits per heavy atom. The Morgan fingerprint density at radius 1 is 1.26 bits per heavy atom. The lowest BCUT2D eigenvalue weighted by Crippen LogP contribution is -2.44. The van der Waals surface area contributed by atoms with E-state index >= 15 is 0 Å². The molecule has 127 valence electrons. The second-order valence-corrected chi connectivity index (χ2v) is 10.9. The SMILES string of the molecule is CC1(C)CCC(C)(c2ccc(SS(C)(=O)=O)c([N+](=O)[O-])c2)N1[O]. The van der Waals surface area contributed by atoms with Gasteiger partial charge in [0.25, 0.3) is 5.69 Å². The van der Waals surface area contributed by atoms with Crippen LogP contribution in [0.3, 0.4) is 0 Å². The number of hydrogen-bond donors (Lipinski definition) is 0. The molecule has 0 bridgehead atoms. The summed E-state index contributed by atoms with van der Waals surface area (Å²) in [6.45, 7) is 5.44. The summed E-state index contributed by atoms with van der Waals surface area (Å²) in [6, 6.07) is 4.33. The summed E-state index contributed by atoms with van der Waals surface area (Å²) >= 11 is 0. The topological polar surface area (TPSA) is 100 Å². The predicted octanol–water partition coefficient (Wildman–Crippen LogP) is 3.08. The summed E-state index contributed by atoms with van der Waals surface area (Å²) in [6.07, 6.45) is 2.26. The summed E-state index contributed by atoms with van der Waals surface area (Å²) in [7, 11) is -3.02. The van der Waals surface area contributed by atoms with E-state index in [1.54, 1.807) is 13.0 Å². The standard InChI is InChI=1S/C14H19N2O5S2/c1-13(2)7-8-14(3,16(13)19)10-5-6-12(22-23(4,20)21)11(9-10)15(17)18/h5-6,9H,7-8H2,1-4H3. The number of hydrogen-bond acceptors (Lipinski definition) is 6. The van der Waals surface area contributed by atoms with Crippen molar-refractivity contribution in [2.75, 3.05) is 6.26 Å². The Labute approximate surface area is 139 Å². The number of nitro groups is 1. The Kier molecular flexibility index (Phi) is 4.53. The summed E-state index contributed by atoms with van der Waals surface area (Å²) in [5, 5.41) is 24.9. The van der Waals surface area contributed by atoms with Crippen LogP contribution >= 0.6 is 10.8 Å². The van der Waals surface area contributed by atoms with Crippen LogP contribution in [0.15, 0.2) is 23.1 Å². The zero-order chi connectivity index (χ0) is 17.6. The van der Waals surface area contributed by atoms with Gasteiger partial charge in [0, 0.05) is 28.7 Å². The highest BCUT2D eigenvalue weighted by molar-refractivity contribution is 8.71. The van der Waals surface area contributed by atoms with Gasteiger partial charge in [-0.15, -0.1) is 10.3 Å². The minimum Gasteiger partial charge on any atom is -0.258 e. The average molecular weight is 359 g/mol. The zero-order valence-electron chi connectivity index (χ0n) is 13.4. The van der Waals surface area contributed by atoms with Gasteiger partial charge in [-0.3, -0.25) is 10.1 Å². The van der Waals surface area contributed by atoms with Crippen molar-refractivity contribution < 1.29 is 18.5 Å². The molecule has 23 heavy (non-hydrogen) atoms. The highest BCUT2D eigenvalue weighted by Gasteiger charge is 2.49. The van der Waals surface area contributed by atoms with Crippen LogP contribution < -0.4 is 0 Å². The molecule has 0 aliphatic carbocycles. The van der Waals surface area contributed by atoms with Gasteiger partial charge in [0.2, 0.25) is 8.87 Å². The Morgan fingerprint density at radius 3 is 2.30 bits per heavy atom. The first kappa shape index (κ1) is 18.2. The van der Waals surface area contributed by atoms with Crippen molar-refractivity contribution in [3.8, 4) is 0 Å². The smallest absolute Gasteiger partial charge is 0.258 e. The molecular formula is C14H19N2O5S2. The molecule has 0 aromatic heterocycles. The normalized spacial score (nSPS) is 24.7. The van der Waals surface area contributed by atoms with Gasteiger partial charge in [0.1, 0.15) is 4.90 Å². The predicted molar refractivity (Wildman–Crippen MR) is 87.0 cm³/mol. The van der Waals surface area contributed by atoms with Crippen LogP contribution in [0.25, 0.3) is 0 Å². The maximum atomic E-state index is 12.6. The van der Waals surface area contributed by atoms with E-state index < -0.39 is 24.9 Å². The summed E-state index contributed by atoms with van der Waals surface area (Å²) in [5.41, 5.74) is -1.16. The summed E-state index contributed by atoms with van der Waals surface area (Å²) in [4.78, 5) is 10.7. The number of nitrogens with zero attached hydrogens (tertiary/aromatic N) is 2. The third-order valence-corrected chi connectivity index (χ3v) is 6.51. The molecule has 9 heteroatoms. The molecule has 1 aliphatic rings. The third-order valence-electron chi connectivity index (χ3n) is 4.24. The number of rotatable bonds is 4. The summed E-state index contributed by atoms with van der Waals surface area (Å²) in [5.74, 6) is 0. The van der Waals surface area contributed by atoms with Crippen LogP contribution in [-0.4, -0.2) is 30.2 Å². The molecule has 1 heterocycles. The zero-order valence-corrected chi connectivity index (χ0v) is 15.0. The lowest BCUT2D eigenvalue weighted by Gasteiger charge is -2.35. The maximum Gasteiger partial charge on any atom is 0.284 e. The van der Waals surface area contributed by atoms with E-state index in [1.807, 2.05) is 13.8 Å². The van der Waals surface area contributed by atoms with E-state index in [2.05, 4.69) is 0 Å². The van der Waals surface area contributed by atoms with Crippen molar-refractivity contribution in [1.29, 1.82) is 0 Å². The fourth-order valence-corrected chi connectivity index (χ4v) is 4.98. The first-order valence-corrected chi connectivity index (χ1v) is 10.3. The molecule has 0 amide bonds. The van der Waals surface area contributed by atoms with Crippen LogP contribution in [-0.2, 0) is 19.6 Å². The summed E-state index contributed by atoms with van der Waals surface area (Å²) < 4.78 is 22.8. The first-order valence-electron chi connectivity index (χ1n) is 7.03. The molecule has 1 radical (unpaired) electrons. The second-order valence-electron chi connectivity index (χ2n) is 6.61. The maximum absolute atomic E-state index is 12.6. The molecule has 1 fully saturated rings. The van der Waals surface area contributed by atoms with Crippen LogP contribution in [0.1, 0.15) is 39.2 Å². The van der Waals surface area contributed by atoms with Gasteiger partial charge in [0.05, 0.1) is 10.5 Å². The quantitative estimate of drug-likeness (QED) is 0.465. The van der Waals surface area contributed by atoms with E-state index in [1.165, 1.54) is 12.1 Å². The minimum atomic E-state index is -3.47. The van der Waals surface area contributed by atoms with Crippen LogP contribution in [0.4, 0.5) is 5.69 Å². The molecular weight excluding hydrogens is 340 g/mol. The molecule has 1 unspecified atom stereocenters. The van der Waals surface area contributed by atoms with E-state index in [-0.39, 0.29) is 10.6 Å². The lowest BCUT2D eigenvalue weighted by atomic mass is 9.90. The van der Waals surface area contributed by atoms with Crippen LogP contribution in [0.2, 0.25) is 0 Å². The molecule has 1 aromatic rings. The number of nitro benzene ring substituents is 1. The van der Waals surface area contributed by atoms with Crippen LogP contribution in [0.5, 0.6) is 0 Å². The van der Waals surface area contributed by atoms with E-state index in [4.69, 9.17) is 0 Å². The molecule has 0 spiro atoms. The van der Waals surface area contributed by atoms with Gasteiger partial charge in [-0.2, -0.15) is 0 Å². The molecule has 0 N–H and O–H groups in total. The van der Waals surface area contributed by atoms with Crippen molar-refractivity contribution in [3.05, 3.63) is 33.9 Å². The van der Waals surface area contributed by atoms with Gasteiger partial charge in [-0.05, 0) is 45.2 Å². The molecule has 0 saturated carbocycles. The fourth-order valence-electron chi connectivity index (χ4n) is 2.91. The molecule has 1 atom stereocenters. The number of hydroxylamine groups is 2. The first-order chi connectivity index (χ1) is 10.4. The van der Waals surface area contributed by atoms with Gasteiger partial charge in [-0.1, -0.05) is 6.07 Å². The third kappa shape index (κ3) is 3.52. The second kappa shape index (κ2) is 5.73. The van der Waals surface area contributed by atoms with Gasteiger partial charge in [-0.25, -0.2) is 8.42 Å². The highest BCUT2D eigenvalue weighted by atomic mass is 33.1. The number of benzene rings is 1. The van der Waals surface area contributed by atoms with Crippen molar-refractivity contribution in [3.63, 3.8) is 0 Å². The molecule has 1 saturated heterocycles. The van der Waals surface area contributed by atoms with Crippen LogP contribution in [0, 0.1) is 10.1 Å². The Bertz CT molecular complexity index is 748. The average Bonchev–Trinajstić information content (AvgIpc) is 2.62. The highest BCUT2D eigenvalue weighted by Crippen LogP contribution is 2.47. The van der Waals surface area contributed by atoms with Gasteiger partial charge < -0.3 is 0 Å². The molecule has 1 aliphatic heterocycles. The van der Waals surface area contributed by atoms with E-state index in [0.29, 0.717) is 29.2 Å². The molecule has 7 nitrogen and oxygen atoms in total. The van der Waals surface area contributed by atoms with Crippen molar-refractivity contribution in [2.24, 2.45) is 0 Å². The monoisotopic (exact) mass is 359 g/mol. The van der Waals surface area contributed by atoms with E-state index in [9.17, 15) is 23.7 Å². The van der Waals surface area contributed by atoms with Gasteiger partial charge >= 0.3 is 0 Å². The Balaban J connectivity index is 2.51. The van der Waals surface area contributed by atoms with Crippen molar-refractivity contribution in [1.82, 2.24) is 5.06 Å².